The Morgan fingerprint density at radius 1 is 1.23 bits per heavy atom. The molecule has 7 heteroatoms. The van der Waals surface area contributed by atoms with Crippen molar-refractivity contribution in [3.8, 4) is 11.3 Å². The molecule has 0 saturated heterocycles. The predicted octanol–water partition coefficient (Wildman–Crippen LogP) is 5.93. The average molecular weight is 373 g/mol. The van der Waals surface area contributed by atoms with Crippen LogP contribution >= 0.6 is 46.1 Å². The summed E-state index contributed by atoms with van der Waals surface area (Å²) in [6.07, 6.45) is 0. The van der Waals surface area contributed by atoms with Gasteiger partial charge in [0, 0.05) is 16.0 Å². The maximum absolute atomic E-state index is 11.6. The summed E-state index contributed by atoms with van der Waals surface area (Å²) in [4.78, 5) is 16.1. The molecule has 0 aliphatic carbocycles. The fourth-order valence-corrected chi connectivity index (χ4v) is 3.87. The highest BCUT2D eigenvalue weighted by Crippen LogP contribution is 2.39. The summed E-state index contributed by atoms with van der Waals surface area (Å²) in [6, 6.07) is 6.51. The number of aryl methyl sites for hydroxylation is 1. The van der Waals surface area contributed by atoms with Crippen molar-refractivity contribution in [2.24, 2.45) is 0 Å². The van der Waals surface area contributed by atoms with Crippen LogP contribution in [-0.4, -0.2) is 16.1 Å². The molecule has 0 aliphatic rings. The van der Waals surface area contributed by atoms with E-state index in [2.05, 4.69) is 4.98 Å². The molecule has 3 nitrogen and oxygen atoms in total. The molecule has 0 unspecified atom stereocenters. The van der Waals surface area contributed by atoms with Gasteiger partial charge in [0.1, 0.15) is 4.34 Å². The van der Waals surface area contributed by atoms with E-state index >= 15 is 0 Å². The van der Waals surface area contributed by atoms with Gasteiger partial charge in [0.25, 0.3) is 0 Å². The van der Waals surface area contributed by atoms with E-state index in [-0.39, 0.29) is 5.56 Å². The number of halogens is 3. The molecule has 3 aromatic rings. The first-order chi connectivity index (χ1) is 10.4. The lowest BCUT2D eigenvalue weighted by Crippen LogP contribution is -2.01. The lowest BCUT2D eigenvalue weighted by atomic mass is 10.0. The van der Waals surface area contributed by atoms with E-state index in [1.54, 1.807) is 25.1 Å². The second-order valence-electron chi connectivity index (χ2n) is 4.67. The normalized spacial score (nSPS) is 11.1. The molecule has 2 heterocycles. The smallest absolute Gasteiger partial charge is 0.336 e. The third-order valence-electron chi connectivity index (χ3n) is 3.33. The standard InChI is InChI=1S/C15H8Cl3NO2S/c1-6-10(16)3-2-7-8(15(20)21)4-11(19-13(6)7)9-5-12(17)22-14(9)18/h2-5H,1H3,(H,20,21). The minimum atomic E-state index is -1.03. The van der Waals surface area contributed by atoms with Gasteiger partial charge in [-0.15, -0.1) is 11.3 Å². The molecule has 3 rings (SSSR count). The van der Waals surface area contributed by atoms with Crippen LogP contribution in [0.25, 0.3) is 22.2 Å². The van der Waals surface area contributed by atoms with Crippen molar-refractivity contribution >= 4 is 63.0 Å². The number of rotatable bonds is 2. The molecule has 112 valence electrons. The number of aromatic nitrogens is 1. The fraction of sp³-hybridized carbons (Fsp3) is 0.0667. The van der Waals surface area contributed by atoms with Crippen LogP contribution in [0.3, 0.4) is 0 Å². The summed E-state index contributed by atoms with van der Waals surface area (Å²) >= 11 is 19.4. The van der Waals surface area contributed by atoms with E-state index in [1.165, 1.54) is 17.4 Å². The third-order valence-corrected chi connectivity index (χ3v) is 5.23. The van der Waals surface area contributed by atoms with E-state index < -0.39 is 5.97 Å². The lowest BCUT2D eigenvalue weighted by molar-refractivity contribution is 0.0699. The number of nitrogens with zero attached hydrogens (tertiary/aromatic N) is 1. The number of aromatic carboxylic acids is 1. The highest BCUT2D eigenvalue weighted by Gasteiger charge is 2.18. The lowest BCUT2D eigenvalue weighted by Gasteiger charge is -2.09. The number of fused-ring (bicyclic) bond motifs is 1. The minimum Gasteiger partial charge on any atom is -0.478 e. The van der Waals surface area contributed by atoms with Crippen LogP contribution in [0.2, 0.25) is 13.7 Å². The molecule has 22 heavy (non-hydrogen) atoms. The van der Waals surface area contributed by atoms with Crippen molar-refractivity contribution in [3.63, 3.8) is 0 Å². The van der Waals surface area contributed by atoms with E-state index in [0.717, 1.165) is 5.56 Å². The summed E-state index contributed by atoms with van der Waals surface area (Å²) in [5.74, 6) is -1.03. The van der Waals surface area contributed by atoms with Crippen molar-refractivity contribution < 1.29 is 9.90 Å². The Bertz CT molecular complexity index is 921. The first kappa shape index (κ1) is 15.6. The topological polar surface area (TPSA) is 50.2 Å². The molecule has 0 bridgehead atoms. The minimum absolute atomic E-state index is 0.151. The Balaban J connectivity index is 2.40. The predicted molar refractivity (Wildman–Crippen MR) is 91.8 cm³/mol. The molecule has 0 fully saturated rings. The number of hydrogen-bond donors (Lipinski definition) is 1. The molecule has 0 spiro atoms. The summed E-state index contributed by atoms with van der Waals surface area (Å²) in [5, 5.41) is 10.5. The van der Waals surface area contributed by atoms with Crippen molar-refractivity contribution in [3.05, 3.63) is 49.1 Å². The van der Waals surface area contributed by atoms with Gasteiger partial charge in [-0.25, -0.2) is 9.78 Å². The summed E-state index contributed by atoms with van der Waals surface area (Å²) in [6.45, 7) is 1.80. The van der Waals surface area contributed by atoms with Gasteiger partial charge < -0.3 is 5.11 Å². The van der Waals surface area contributed by atoms with E-state index in [1.807, 2.05) is 0 Å². The molecule has 0 radical (unpaired) electrons. The second kappa shape index (κ2) is 5.70. The Morgan fingerprint density at radius 3 is 2.55 bits per heavy atom. The maximum Gasteiger partial charge on any atom is 0.336 e. The molecule has 0 amide bonds. The number of thiophene rings is 1. The van der Waals surface area contributed by atoms with Gasteiger partial charge in [0.2, 0.25) is 0 Å². The van der Waals surface area contributed by atoms with Gasteiger partial charge in [-0.1, -0.05) is 40.9 Å². The number of benzene rings is 1. The molecular formula is C15H8Cl3NO2S. The fourth-order valence-electron chi connectivity index (χ4n) is 2.23. The molecule has 0 saturated carbocycles. The number of pyridine rings is 1. The van der Waals surface area contributed by atoms with Crippen LogP contribution in [-0.2, 0) is 0 Å². The van der Waals surface area contributed by atoms with E-state index in [9.17, 15) is 9.90 Å². The number of hydrogen-bond acceptors (Lipinski definition) is 3. The first-order valence-electron chi connectivity index (χ1n) is 6.17. The van der Waals surface area contributed by atoms with Gasteiger partial charge in [-0.05, 0) is 30.7 Å². The molecule has 1 aromatic carbocycles. The van der Waals surface area contributed by atoms with Crippen molar-refractivity contribution in [2.45, 2.75) is 6.92 Å². The maximum atomic E-state index is 11.6. The van der Waals surface area contributed by atoms with Crippen LogP contribution in [0.15, 0.2) is 24.3 Å². The van der Waals surface area contributed by atoms with Gasteiger partial charge in [-0.3, -0.25) is 0 Å². The van der Waals surface area contributed by atoms with Crippen molar-refractivity contribution in [1.82, 2.24) is 4.98 Å². The zero-order valence-electron chi connectivity index (χ0n) is 11.2. The molecule has 0 atom stereocenters. The molecule has 2 aromatic heterocycles. The van der Waals surface area contributed by atoms with Crippen LogP contribution in [0.1, 0.15) is 15.9 Å². The van der Waals surface area contributed by atoms with Gasteiger partial charge in [0.05, 0.1) is 21.1 Å². The monoisotopic (exact) mass is 371 g/mol. The molecule has 1 N–H and O–H groups in total. The van der Waals surface area contributed by atoms with Gasteiger partial charge in [-0.2, -0.15) is 0 Å². The zero-order chi connectivity index (χ0) is 16.0. The number of carbonyl (C=O) groups is 1. The van der Waals surface area contributed by atoms with Gasteiger partial charge >= 0.3 is 5.97 Å². The summed E-state index contributed by atoms with van der Waals surface area (Å²) < 4.78 is 0.981. The Morgan fingerprint density at radius 2 is 1.95 bits per heavy atom. The second-order valence-corrected chi connectivity index (χ2v) is 7.36. The summed E-state index contributed by atoms with van der Waals surface area (Å²) in [5.41, 5.74) is 2.49. The number of carboxylic acid groups (broad SMARTS) is 1. The van der Waals surface area contributed by atoms with Crippen LogP contribution < -0.4 is 0 Å². The van der Waals surface area contributed by atoms with E-state index in [0.29, 0.717) is 35.9 Å². The quantitative estimate of drug-likeness (QED) is 0.606. The number of carboxylic acids is 1. The molecule has 0 aliphatic heterocycles. The molecular weight excluding hydrogens is 365 g/mol. The highest BCUT2D eigenvalue weighted by molar-refractivity contribution is 7.20. The van der Waals surface area contributed by atoms with Crippen LogP contribution in [0.5, 0.6) is 0 Å². The largest absolute Gasteiger partial charge is 0.478 e. The van der Waals surface area contributed by atoms with Gasteiger partial charge in [0.15, 0.2) is 0 Å². The Hall–Kier alpha value is -1.33. The highest BCUT2D eigenvalue weighted by atomic mass is 35.5. The Labute approximate surface area is 145 Å². The van der Waals surface area contributed by atoms with Crippen LogP contribution in [0.4, 0.5) is 0 Å². The summed E-state index contributed by atoms with van der Waals surface area (Å²) in [7, 11) is 0. The Kier molecular flexibility index (Phi) is 4.03. The SMILES string of the molecule is Cc1c(Cl)ccc2c(C(=O)O)cc(-c3cc(Cl)sc3Cl)nc12. The van der Waals surface area contributed by atoms with Crippen molar-refractivity contribution in [2.75, 3.05) is 0 Å². The average Bonchev–Trinajstić information content (AvgIpc) is 2.80. The van der Waals surface area contributed by atoms with E-state index in [4.69, 9.17) is 34.8 Å². The van der Waals surface area contributed by atoms with Crippen LogP contribution in [0, 0.1) is 6.92 Å². The van der Waals surface area contributed by atoms with Crippen molar-refractivity contribution in [1.29, 1.82) is 0 Å². The third kappa shape index (κ3) is 2.57. The first-order valence-corrected chi connectivity index (χ1v) is 8.12. The zero-order valence-corrected chi connectivity index (χ0v) is 14.2.